The third-order valence-corrected chi connectivity index (χ3v) is 3.92. The first-order valence-corrected chi connectivity index (χ1v) is 6.53. The molecule has 0 saturated heterocycles. The molecule has 0 spiro atoms. The SMILES string of the molecule is C=C(C[S+](C)CC)c1ccccc1. The lowest BCUT2D eigenvalue weighted by Gasteiger charge is -2.04. The standard InChI is InChI=1S/C12H17S/c1-4-13(3)10-11(2)12-8-6-5-7-9-12/h5-9H,2,4,10H2,1,3H3/q+1. The molecule has 0 nitrogen and oxygen atoms in total. The Morgan fingerprint density at radius 3 is 2.46 bits per heavy atom. The molecule has 0 saturated carbocycles. The van der Waals surface area contributed by atoms with Crippen LogP contribution in [0.25, 0.3) is 5.57 Å². The van der Waals surface area contributed by atoms with E-state index in [1.54, 1.807) is 0 Å². The molecule has 0 N–H and O–H groups in total. The molecule has 1 aromatic rings. The molecule has 1 rings (SSSR count). The lowest BCUT2D eigenvalue weighted by Crippen LogP contribution is -2.08. The Morgan fingerprint density at radius 2 is 1.92 bits per heavy atom. The lowest BCUT2D eigenvalue weighted by atomic mass is 10.1. The van der Waals surface area contributed by atoms with Crippen molar-refractivity contribution in [3.05, 3.63) is 42.5 Å². The molecular weight excluding hydrogens is 176 g/mol. The van der Waals surface area contributed by atoms with Gasteiger partial charge in [0, 0.05) is 5.57 Å². The number of benzene rings is 1. The third-order valence-electron chi connectivity index (χ3n) is 2.10. The average molecular weight is 193 g/mol. The van der Waals surface area contributed by atoms with Crippen LogP contribution in [0.3, 0.4) is 0 Å². The van der Waals surface area contributed by atoms with E-state index in [0.29, 0.717) is 10.9 Å². The van der Waals surface area contributed by atoms with E-state index in [9.17, 15) is 0 Å². The zero-order valence-corrected chi connectivity index (χ0v) is 9.23. The fourth-order valence-corrected chi connectivity index (χ4v) is 2.12. The molecule has 1 atom stereocenters. The minimum absolute atomic E-state index is 0.493. The van der Waals surface area contributed by atoms with Crippen LogP contribution in [0.2, 0.25) is 0 Å². The highest BCUT2D eigenvalue weighted by atomic mass is 32.2. The van der Waals surface area contributed by atoms with Crippen LogP contribution in [0.1, 0.15) is 12.5 Å². The first-order valence-electron chi connectivity index (χ1n) is 4.56. The summed E-state index contributed by atoms with van der Waals surface area (Å²) in [5.41, 5.74) is 2.56. The van der Waals surface area contributed by atoms with E-state index in [1.807, 2.05) is 6.07 Å². The van der Waals surface area contributed by atoms with E-state index in [2.05, 4.69) is 44.0 Å². The van der Waals surface area contributed by atoms with Gasteiger partial charge >= 0.3 is 0 Å². The van der Waals surface area contributed by atoms with E-state index in [4.69, 9.17) is 0 Å². The van der Waals surface area contributed by atoms with Gasteiger partial charge in [-0.1, -0.05) is 36.9 Å². The van der Waals surface area contributed by atoms with Gasteiger partial charge in [-0.15, -0.1) is 0 Å². The quantitative estimate of drug-likeness (QED) is 0.645. The molecular formula is C12H17S+. The highest BCUT2D eigenvalue weighted by Crippen LogP contribution is 2.14. The Bertz CT molecular complexity index is 264. The number of rotatable bonds is 4. The van der Waals surface area contributed by atoms with Gasteiger partial charge in [-0.3, -0.25) is 0 Å². The van der Waals surface area contributed by atoms with Crippen molar-refractivity contribution in [2.24, 2.45) is 0 Å². The van der Waals surface area contributed by atoms with Crippen LogP contribution in [-0.2, 0) is 10.9 Å². The fourth-order valence-electron chi connectivity index (χ4n) is 1.16. The Morgan fingerprint density at radius 1 is 1.31 bits per heavy atom. The van der Waals surface area contributed by atoms with Crippen LogP contribution < -0.4 is 0 Å². The number of hydrogen-bond acceptors (Lipinski definition) is 0. The van der Waals surface area contributed by atoms with Crippen LogP contribution >= 0.6 is 0 Å². The average Bonchev–Trinajstić information content (AvgIpc) is 2.19. The van der Waals surface area contributed by atoms with Crippen molar-refractivity contribution in [1.82, 2.24) is 0 Å². The predicted molar refractivity (Wildman–Crippen MR) is 64.2 cm³/mol. The van der Waals surface area contributed by atoms with Gasteiger partial charge in [0.25, 0.3) is 0 Å². The van der Waals surface area contributed by atoms with Gasteiger partial charge in [0.1, 0.15) is 11.5 Å². The highest BCUT2D eigenvalue weighted by molar-refractivity contribution is 7.96. The van der Waals surface area contributed by atoms with Crippen molar-refractivity contribution < 1.29 is 0 Å². The molecule has 0 bridgehead atoms. The maximum Gasteiger partial charge on any atom is 0.132 e. The van der Waals surface area contributed by atoms with E-state index in [-0.39, 0.29) is 0 Å². The van der Waals surface area contributed by atoms with Gasteiger partial charge in [0.05, 0.1) is 6.26 Å². The molecule has 13 heavy (non-hydrogen) atoms. The summed E-state index contributed by atoms with van der Waals surface area (Å²) in [6.45, 7) is 6.36. The van der Waals surface area contributed by atoms with Crippen molar-refractivity contribution in [2.75, 3.05) is 17.8 Å². The van der Waals surface area contributed by atoms with Crippen LogP contribution in [0, 0.1) is 0 Å². The smallest absolute Gasteiger partial charge is 0.0905 e. The fraction of sp³-hybridized carbons (Fsp3) is 0.333. The normalized spacial score (nSPS) is 12.5. The van der Waals surface area contributed by atoms with Gasteiger partial charge in [-0.25, -0.2) is 0 Å². The van der Waals surface area contributed by atoms with E-state index in [0.717, 1.165) is 5.75 Å². The van der Waals surface area contributed by atoms with Gasteiger partial charge in [0.2, 0.25) is 0 Å². The summed E-state index contributed by atoms with van der Waals surface area (Å²) in [5, 5.41) is 0. The van der Waals surface area contributed by atoms with Gasteiger partial charge in [-0.2, -0.15) is 0 Å². The van der Waals surface area contributed by atoms with Gasteiger partial charge in [-0.05, 0) is 23.4 Å². The summed E-state index contributed by atoms with van der Waals surface area (Å²) in [4.78, 5) is 0. The van der Waals surface area contributed by atoms with Crippen molar-refractivity contribution in [2.45, 2.75) is 6.92 Å². The van der Waals surface area contributed by atoms with Crippen LogP contribution in [0.15, 0.2) is 36.9 Å². The Labute approximate surface area is 84.0 Å². The Hall–Kier alpha value is -0.690. The molecule has 0 aliphatic rings. The summed E-state index contributed by atoms with van der Waals surface area (Å²) in [7, 11) is 0.493. The molecule has 1 aromatic carbocycles. The summed E-state index contributed by atoms with van der Waals surface area (Å²) in [6.07, 6.45) is 2.30. The first kappa shape index (κ1) is 10.4. The van der Waals surface area contributed by atoms with Crippen molar-refractivity contribution in [3.8, 4) is 0 Å². The molecule has 0 amide bonds. The highest BCUT2D eigenvalue weighted by Gasteiger charge is 2.10. The summed E-state index contributed by atoms with van der Waals surface area (Å²) in [6, 6.07) is 10.5. The molecule has 0 fully saturated rings. The largest absolute Gasteiger partial charge is 0.132 e. The van der Waals surface area contributed by atoms with Crippen LogP contribution in [0.5, 0.6) is 0 Å². The van der Waals surface area contributed by atoms with Gasteiger partial charge in [0.15, 0.2) is 0 Å². The number of hydrogen-bond donors (Lipinski definition) is 0. The molecule has 0 radical (unpaired) electrons. The predicted octanol–water partition coefficient (Wildman–Crippen LogP) is 2.97. The molecule has 1 heteroatoms. The maximum atomic E-state index is 4.12. The molecule has 1 unspecified atom stereocenters. The third kappa shape index (κ3) is 3.27. The van der Waals surface area contributed by atoms with E-state index >= 15 is 0 Å². The zero-order chi connectivity index (χ0) is 9.68. The Kier molecular flexibility index (Phi) is 4.10. The summed E-state index contributed by atoms with van der Waals surface area (Å²) in [5.74, 6) is 2.40. The van der Waals surface area contributed by atoms with Crippen molar-refractivity contribution in [1.29, 1.82) is 0 Å². The van der Waals surface area contributed by atoms with Crippen molar-refractivity contribution in [3.63, 3.8) is 0 Å². The summed E-state index contributed by atoms with van der Waals surface area (Å²) >= 11 is 0. The minimum atomic E-state index is 0.493. The molecule has 70 valence electrons. The lowest BCUT2D eigenvalue weighted by molar-refractivity contribution is 1.49. The maximum absolute atomic E-state index is 4.12. The second-order valence-corrected chi connectivity index (χ2v) is 5.61. The van der Waals surface area contributed by atoms with Crippen molar-refractivity contribution >= 4 is 16.5 Å². The van der Waals surface area contributed by atoms with E-state index < -0.39 is 0 Å². The molecule has 0 aliphatic heterocycles. The Balaban J connectivity index is 2.59. The van der Waals surface area contributed by atoms with Crippen LogP contribution in [0.4, 0.5) is 0 Å². The summed E-state index contributed by atoms with van der Waals surface area (Å²) < 4.78 is 0. The van der Waals surface area contributed by atoms with Crippen LogP contribution in [-0.4, -0.2) is 17.8 Å². The monoisotopic (exact) mass is 193 g/mol. The molecule has 0 aliphatic carbocycles. The topological polar surface area (TPSA) is 0 Å². The first-order chi connectivity index (χ1) is 6.24. The molecule has 0 heterocycles. The van der Waals surface area contributed by atoms with E-state index in [1.165, 1.54) is 16.9 Å². The van der Waals surface area contributed by atoms with Gasteiger partial charge < -0.3 is 0 Å². The zero-order valence-electron chi connectivity index (χ0n) is 8.42. The minimum Gasteiger partial charge on any atom is -0.0905 e. The molecule has 0 aromatic heterocycles. The second kappa shape index (κ2) is 5.13. The second-order valence-electron chi connectivity index (χ2n) is 3.18.